The largest absolute Gasteiger partial charge is 0.494 e. The second-order valence-electron chi connectivity index (χ2n) is 4.83. The van der Waals surface area contributed by atoms with Gasteiger partial charge >= 0.3 is 0 Å². The number of aryl methyl sites for hydroxylation is 1. The van der Waals surface area contributed by atoms with Crippen molar-refractivity contribution in [1.29, 1.82) is 0 Å². The lowest BCUT2D eigenvalue weighted by molar-refractivity contribution is 0.382. The molecule has 2 nitrogen and oxygen atoms in total. The second-order valence-corrected chi connectivity index (χ2v) is 5.21. The van der Waals surface area contributed by atoms with Gasteiger partial charge in [0, 0.05) is 10.6 Å². The highest BCUT2D eigenvalue weighted by atomic mass is 35.5. The van der Waals surface area contributed by atoms with Crippen LogP contribution in [0.25, 0.3) is 0 Å². The van der Waals surface area contributed by atoms with E-state index in [-0.39, 0.29) is 17.6 Å². The fourth-order valence-electron chi connectivity index (χ4n) is 2.39. The van der Waals surface area contributed by atoms with Crippen LogP contribution < -0.4 is 10.1 Å². The molecule has 0 aliphatic heterocycles. The molecule has 0 amide bonds. The van der Waals surface area contributed by atoms with Crippen molar-refractivity contribution in [3.05, 3.63) is 63.9 Å². The maximum absolute atomic E-state index is 14.6. The molecule has 0 radical (unpaired) electrons. The maximum atomic E-state index is 14.6. The number of rotatable bonds is 5. The summed E-state index contributed by atoms with van der Waals surface area (Å²) < 4.78 is 19.6. The van der Waals surface area contributed by atoms with Crippen LogP contribution in [0.2, 0.25) is 5.02 Å². The lowest BCUT2D eigenvalue weighted by atomic mass is 9.96. The topological polar surface area (TPSA) is 21.3 Å². The fraction of sp³-hybridized carbons (Fsp3) is 0.294. The fourth-order valence-corrected chi connectivity index (χ4v) is 2.63. The van der Waals surface area contributed by atoms with E-state index in [1.807, 2.05) is 32.0 Å². The Kier molecular flexibility index (Phi) is 5.21. The molecule has 0 aromatic heterocycles. The van der Waals surface area contributed by atoms with Crippen LogP contribution in [0.3, 0.4) is 0 Å². The van der Waals surface area contributed by atoms with Crippen molar-refractivity contribution in [2.75, 3.05) is 13.7 Å². The van der Waals surface area contributed by atoms with E-state index in [4.69, 9.17) is 16.3 Å². The quantitative estimate of drug-likeness (QED) is 0.878. The lowest BCUT2D eigenvalue weighted by Gasteiger charge is -2.22. The summed E-state index contributed by atoms with van der Waals surface area (Å²) in [6, 6.07) is 10.6. The van der Waals surface area contributed by atoms with Gasteiger partial charge in [-0.05, 0) is 30.7 Å². The highest BCUT2D eigenvalue weighted by Gasteiger charge is 2.22. The number of halogens is 2. The van der Waals surface area contributed by atoms with Gasteiger partial charge in [-0.3, -0.25) is 0 Å². The van der Waals surface area contributed by atoms with Gasteiger partial charge in [0.05, 0.1) is 13.2 Å². The van der Waals surface area contributed by atoms with Gasteiger partial charge in [-0.15, -0.1) is 0 Å². The van der Waals surface area contributed by atoms with Crippen LogP contribution in [0.1, 0.15) is 29.7 Å². The van der Waals surface area contributed by atoms with E-state index < -0.39 is 0 Å². The Balaban J connectivity index is 2.56. The highest BCUT2D eigenvalue weighted by molar-refractivity contribution is 6.32. The van der Waals surface area contributed by atoms with E-state index in [1.54, 1.807) is 18.2 Å². The van der Waals surface area contributed by atoms with Gasteiger partial charge in [-0.1, -0.05) is 48.9 Å². The summed E-state index contributed by atoms with van der Waals surface area (Å²) in [5.74, 6) is -0.122. The molecule has 1 unspecified atom stereocenters. The van der Waals surface area contributed by atoms with Crippen molar-refractivity contribution in [1.82, 2.24) is 5.32 Å². The van der Waals surface area contributed by atoms with Crippen molar-refractivity contribution in [3.8, 4) is 5.75 Å². The van der Waals surface area contributed by atoms with Crippen molar-refractivity contribution >= 4 is 11.6 Å². The van der Waals surface area contributed by atoms with E-state index in [0.29, 0.717) is 17.1 Å². The monoisotopic (exact) mass is 307 g/mol. The Morgan fingerprint density at radius 1 is 1.19 bits per heavy atom. The molecular weight excluding hydrogens is 289 g/mol. The molecule has 0 fully saturated rings. The Hall–Kier alpha value is -1.58. The SMILES string of the molecule is CCNC(c1cccc(OC)c1F)c1cccc(C)c1Cl. The molecule has 2 aromatic rings. The molecule has 2 aromatic carbocycles. The number of ether oxygens (including phenoxy) is 1. The predicted molar refractivity (Wildman–Crippen MR) is 84.7 cm³/mol. The van der Waals surface area contributed by atoms with Crippen LogP contribution in [-0.2, 0) is 0 Å². The lowest BCUT2D eigenvalue weighted by Crippen LogP contribution is -2.23. The zero-order chi connectivity index (χ0) is 15.4. The van der Waals surface area contributed by atoms with Crippen LogP contribution in [0.15, 0.2) is 36.4 Å². The number of benzene rings is 2. The molecule has 0 heterocycles. The van der Waals surface area contributed by atoms with Crippen molar-refractivity contribution in [3.63, 3.8) is 0 Å². The summed E-state index contributed by atoms with van der Waals surface area (Å²) in [5.41, 5.74) is 2.37. The summed E-state index contributed by atoms with van der Waals surface area (Å²) in [6.07, 6.45) is 0. The van der Waals surface area contributed by atoms with Gasteiger partial charge in [0.15, 0.2) is 11.6 Å². The minimum atomic E-state index is -0.358. The van der Waals surface area contributed by atoms with Gasteiger partial charge < -0.3 is 10.1 Å². The molecule has 1 N–H and O–H groups in total. The van der Waals surface area contributed by atoms with Crippen molar-refractivity contribution in [2.24, 2.45) is 0 Å². The normalized spacial score (nSPS) is 12.2. The number of methoxy groups -OCH3 is 1. The first kappa shape index (κ1) is 15.8. The molecule has 21 heavy (non-hydrogen) atoms. The smallest absolute Gasteiger partial charge is 0.170 e. The van der Waals surface area contributed by atoms with Crippen molar-refractivity contribution < 1.29 is 9.13 Å². The molecule has 2 rings (SSSR count). The zero-order valence-electron chi connectivity index (χ0n) is 12.4. The standard InChI is InChI=1S/C17H19ClFNO/c1-4-20-17(12-8-5-7-11(2)15(12)18)13-9-6-10-14(21-3)16(13)19/h5-10,17,20H,4H2,1-3H3. The molecule has 4 heteroatoms. The predicted octanol–water partition coefficient (Wildman–Crippen LogP) is 4.50. The van der Waals surface area contributed by atoms with E-state index in [1.165, 1.54) is 7.11 Å². The maximum Gasteiger partial charge on any atom is 0.170 e. The second kappa shape index (κ2) is 6.92. The first-order chi connectivity index (χ1) is 10.1. The summed E-state index contributed by atoms with van der Waals surface area (Å²) in [5, 5.41) is 3.95. The third-order valence-electron chi connectivity index (χ3n) is 3.46. The Morgan fingerprint density at radius 2 is 1.86 bits per heavy atom. The average Bonchev–Trinajstić information content (AvgIpc) is 2.49. The van der Waals surface area contributed by atoms with Crippen LogP contribution in [0.5, 0.6) is 5.75 Å². The summed E-state index contributed by atoms with van der Waals surface area (Å²) >= 11 is 6.41. The Bertz CT molecular complexity index is 630. The van der Waals surface area contributed by atoms with Gasteiger partial charge in [-0.25, -0.2) is 4.39 Å². The first-order valence-electron chi connectivity index (χ1n) is 6.91. The molecule has 0 aliphatic carbocycles. The minimum Gasteiger partial charge on any atom is -0.494 e. The van der Waals surface area contributed by atoms with Crippen LogP contribution in [0, 0.1) is 12.7 Å². The average molecular weight is 308 g/mol. The highest BCUT2D eigenvalue weighted by Crippen LogP contribution is 2.34. The molecule has 0 aliphatic rings. The van der Waals surface area contributed by atoms with Gasteiger partial charge in [-0.2, -0.15) is 0 Å². The van der Waals surface area contributed by atoms with Gasteiger partial charge in [0.2, 0.25) is 0 Å². The molecular formula is C17H19ClFNO. The minimum absolute atomic E-state index is 0.235. The van der Waals surface area contributed by atoms with E-state index in [9.17, 15) is 4.39 Å². The Labute approximate surface area is 129 Å². The summed E-state index contributed by atoms with van der Waals surface area (Å²) in [6.45, 7) is 4.62. The van der Waals surface area contributed by atoms with Crippen molar-refractivity contribution in [2.45, 2.75) is 19.9 Å². The third kappa shape index (κ3) is 3.20. The van der Waals surface area contributed by atoms with E-state index in [2.05, 4.69) is 5.32 Å². The van der Waals surface area contributed by atoms with Crippen LogP contribution >= 0.6 is 11.6 Å². The number of nitrogens with one attached hydrogen (secondary N) is 1. The van der Waals surface area contributed by atoms with Gasteiger partial charge in [0.1, 0.15) is 0 Å². The van der Waals surface area contributed by atoms with Crippen LogP contribution in [0.4, 0.5) is 4.39 Å². The van der Waals surface area contributed by atoms with E-state index in [0.717, 1.165) is 11.1 Å². The van der Waals surface area contributed by atoms with E-state index >= 15 is 0 Å². The molecule has 0 spiro atoms. The molecule has 1 atom stereocenters. The molecule has 0 bridgehead atoms. The first-order valence-corrected chi connectivity index (χ1v) is 7.28. The third-order valence-corrected chi connectivity index (χ3v) is 3.98. The summed E-state index contributed by atoms with van der Waals surface area (Å²) in [7, 11) is 1.46. The summed E-state index contributed by atoms with van der Waals surface area (Å²) in [4.78, 5) is 0. The molecule has 112 valence electrons. The number of hydrogen-bond acceptors (Lipinski definition) is 2. The number of hydrogen-bond donors (Lipinski definition) is 1. The molecule has 0 saturated heterocycles. The zero-order valence-corrected chi connectivity index (χ0v) is 13.2. The van der Waals surface area contributed by atoms with Crippen LogP contribution in [-0.4, -0.2) is 13.7 Å². The Morgan fingerprint density at radius 3 is 2.52 bits per heavy atom. The van der Waals surface area contributed by atoms with Gasteiger partial charge in [0.25, 0.3) is 0 Å². The molecule has 0 saturated carbocycles.